The van der Waals surface area contributed by atoms with E-state index in [1.807, 2.05) is 27.7 Å². The van der Waals surface area contributed by atoms with Crippen LogP contribution in [-0.2, 0) is 17.9 Å². The van der Waals surface area contributed by atoms with Crippen molar-refractivity contribution in [3.8, 4) is 0 Å². The molecule has 0 bridgehead atoms. The summed E-state index contributed by atoms with van der Waals surface area (Å²) in [4.78, 5) is 37.3. The standard InChI is InChI=1S/C17H23N3O3/c1-5-10-19-13-9-7-6-8-12(13)15(22)20(16(19)23)11-14(21)18-17(2,3)4/h6-9H,5,10-11H2,1-4H3,(H,18,21). The van der Waals surface area contributed by atoms with Gasteiger partial charge in [0.25, 0.3) is 5.56 Å². The summed E-state index contributed by atoms with van der Waals surface area (Å²) in [6, 6.07) is 6.99. The highest BCUT2D eigenvalue weighted by atomic mass is 16.2. The molecule has 0 spiro atoms. The summed E-state index contributed by atoms with van der Waals surface area (Å²) in [5.74, 6) is -0.352. The molecule has 0 aliphatic rings. The van der Waals surface area contributed by atoms with E-state index >= 15 is 0 Å². The number of amides is 1. The van der Waals surface area contributed by atoms with Gasteiger partial charge in [0.1, 0.15) is 6.54 Å². The largest absolute Gasteiger partial charge is 0.350 e. The Hall–Kier alpha value is -2.37. The number of aryl methyl sites for hydroxylation is 1. The van der Waals surface area contributed by atoms with Gasteiger partial charge in [-0.3, -0.25) is 18.7 Å². The molecule has 23 heavy (non-hydrogen) atoms. The summed E-state index contributed by atoms with van der Waals surface area (Å²) < 4.78 is 2.57. The maximum absolute atomic E-state index is 12.6. The molecule has 0 saturated carbocycles. The van der Waals surface area contributed by atoms with E-state index in [0.29, 0.717) is 17.4 Å². The summed E-state index contributed by atoms with van der Waals surface area (Å²) in [6.45, 7) is 7.74. The van der Waals surface area contributed by atoms with Crippen LogP contribution in [0.25, 0.3) is 10.9 Å². The maximum Gasteiger partial charge on any atom is 0.331 e. The Kier molecular flexibility index (Phi) is 4.73. The van der Waals surface area contributed by atoms with E-state index in [9.17, 15) is 14.4 Å². The normalized spacial score (nSPS) is 11.7. The molecule has 0 aliphatic heterocycles. The Labute approximate surface area is 134 Å². The van der Waals surface area contributed by atoms with Crippen LogP contribution in [0, 0.1) is 0 Å². The molecule has 0 atom stereocenters. The van der Waals surface area contributed by atoms with E-state index < -0.39 is 16.8 Å². The number of benzene rings is 1. The maximum atomic E-state index is 12.6. The first kappa shape index (κ1) is 17.0. The third-order valence-corrected chi connectivity index (χ3v) is 3.40. The van der Waals surface area contributed by atoms with Gasteiger partial charge < -0.3 is 5.32 Å². The first-order valence-electron chi connectivity index (χ1n) is 7.78. The molecular formula is C17H23N3O3. The molecule has 1 amide bonds. The SMILES string of the molecule is CCCn1c(=O)n(CC(=O)NC(C)(C)C)c(=O)c2ccccc21. The third kappa shape index (κ3) is 3.70. The molecule has 6 nitrogen and oxygen atoms in total. The molecule has 0 saturated heterocycles. The lowest BCUT2D eigenvalue weighted by Crippen LogP contribution is -2.47. The van der Waals surface area contributed by atoms with Gasteiger partial charge in [-0.1, -0.05) is 19.1 Å². The first-order valence-corrected chi connectivity index (χ1v) is 7.78. The van der Waals surface area contributed by atoms with Crippen LogP contribution in [0.4, 0.5) is 0 Å². The number of carbonyl (C=O) groups is 1. The first-order chi connectivity index (χ1) is 10.7. The minimum Gasteiger partial charge on any atom is -0.350 e. The lowest BCUT2D eigenvalue weighted by atomic mass is 10.1. The lowest BCUT2D eigenvalue weighted by molar-refractivity contribution is -0.123. The van der Waals surface area contributed by atoms with Gasteiger partial charge in [-0.05, 0) is 39.3 Å². The average Bonchev–Trinajstić information content (AvgIpc) is 2.46. The monoisotopic (exact) mass is 317 g/mol. The van der Waals surface area contributed by atoms with E-state index in [4.69, 9.17) is 0 Å². The number of fused-ring (bicyclic) bond motifs is 1. The highest BCUT2D eigenvalue weighted by molar-refractivity contribution is 5.79. The van der Waals surface area contributed by atoms with Crippen molar-refractivity contribution in [1.29, 1.82) is 0 Å². The van der Waals surface area contributed by atoms with Gasteiger partial charge in [0, 0.05) is 12.1 Å². The minimum atomic E-state index is -0.445. The highest BCUT2D eigenvalue weighted by Crippen LogP contribution is 2.08. The van der Waals surface area contributed by atoms with Crippen LogP contribution in [0.15, 0.2) is 33.9 Å². The number of nitrogens with one attached hydrogen (secondary N) is 1. The third-order valence-electron chi connectivity index (χ3n) is 3.40. The van der Waals surface area contributed by atoms with Gasteiger partial charge in [-0.2, -0.15) is 0 Å². The Bertz CT molecular complexity index is 841. The number of nitrogens with zero attached hydrogens (tertiary/aromatic N) is 2. The molecule has 0 unspecified atom stereocenters. The van der Waals surface area contributed by atoms with Crippen molar-refractivity contribution in [3.05, 3.63) is 45.1 Å². The molecule has 124 valence electrons. The van der Waals surface area contributed by atoms with Gasteiger partial charge in [-0.25, -0.2) is 4.79 Å². The molecule has 0 radical (unpaired) electrons. The zero-order valence-corrected chi connectivity index (χ0v) is 14.0. The predicted molar refractivity (Wildman–Crippen MR) is 90.7 cm³/mol. The molecule has 1 heterocycles. The van der Waals surface area contributed by atoms with Crippen LogP contribution < -0.4 is 16.6 Å². The molecule has 2 rings (SSSR count). The van der Waals surface area contributed by atoms with Crippen LogP contribution >= 0.6 is 0 Å². The van der Waals surface area contributed by atoms with Gasteiger partial charge >= 0.3 is 5.69 Å². The zero-order chi connectivity index (χ0) is 17.2. The Morgan fingerprint density at radius 2 is 1.78 bits per heavy atom. The van der Waals surface area contributed by atoms with E-state index in [0.717, 1.165) is 11.0 Å². The number of para-hydroxylation sites is 1. The van der Waals surface area contributed by atoms with Crippen LogP contribution in [0.2, 0.25) is 0 Å². The van der Waals surface area contributed by atoms with E-state index in [2.05, 4.69) is 5.32 Å². The number of rotatable bonds is 4. The summed E-state index contributed by atoms with van der Waals surface area (Å²) in [5, 5.41) is 3.22. The van der Waals surface area contributed by atoms with Crippen molar-refractivity contribution in [2.24, 2.45) is 0 Å². The summed E-state index contributed by atoms with van der Waals surface area (Å²) in [6.07, 6.45) is 0.760. The number of hydrogen-bond acceptors (Lipinski definition) is 3. The fourth-order valence-corrected chi connectivity index (χ4v) is 2.55. The van der Waals surface area contributed by atoms with E-state index in [-0.39, 0.29) is 12.5 Å². The van der Waals surface area contributed by atoms with Crippen molar-refractivity contribution in [1.82, 2.24) is 14.5 Å². The second-order valence-electron chi connectivity index (χ2n) is 6.64. The molecule has 2 aromatic rings. The van der Waals surface area contributed by atoms with Crippen molar-refractivity contribution >= 4 is 16.8 Å². The van der Waals surface area contributed by atoms with Crippen LogP contribution in [-0.4, -0.2) is 20.6 Å². The topological polar surface area (TPSA) is 73.1 Å². The van der Waals surface area contributed by atoms with Crippen molar-refractivity contribution in [2.75, 3.05) is 0 Å². The van der Waals surface area contributed by atoms with Crippen LogP contribution in [0.1, 0.15) is 34.1 Å². The smallest absolute Gasteiger partial charge is 0.331 e. The van der Waals surface area contributed by atoms with Gasteiger partial charge in [0.15, 0.2) is 0 Å². The molecule has 1 N–H and O–H groups in total. The van der Waals surface area contributed by atoms with Gasteiger partial charge in [0.2, 0.25) is 5.91 Å². The second kappa shape index (κ2) is 6.40. The summed E-state index contributed by atoms with van der Waals surface area (Å²) in [5.41, 5.74) is -0.682. The van der Waals surface area contributed by atoms with Crippen molar-refractivity contribution < 1.29 is 4.79 Å². The van der Waals surface area contributed by atoms with Crippen molar-refractivity contribution in [2.45, 2.75) is 52.7 Å². The molecule has 6 heteroatoms. The average molecular weight is 317 g/mol. The summed E-state index contributed by atoms with van der Waals surface area (Å²) in [7, 11) is 0. The Balaban J connectivity index is 2.58. The van der Waals surface area contributed by atoms with E-state index in [1.54, 1.807) is 28.8 Å². The Morgan fingerprint density at radius 1 is 1.13 bits per heavy atom. The zero-order valence-electron chi connectivity index (χ0n) is 14.0. The fraction of sp³-hybridized carbons (Fsp3) is 0.471. The Morgan fingerprint density at radius 3 is 2.39 bits per heavy atom. The molecule has 1 aromatic heterocycles. The fourth-order valence-electron chi connectivity index (χ4n) is 2.55. The molecule has 1 aromatic carbocycles. The molecule has 0 aliphatic carbocycles. The van der Waals surface area contributed by atoms with Crippen LogP contribution in [0.3, 0.4) is 0 Å². The van der Waals surface area contributed by atoms with Crippen molar-refractivity contribution in [3.63, 3.8) is 0 Å². The number of carbonyl (C=O) groups excluding carboxylic acids is 1. The van der Waals surface area contributed by atoms with Crippen LogP contribution in [0.5, 0.6) is 0 Å². The highest BCUT2D eigenvalue weighted by Gasteiger charge is 2.18. The number of hydrogen-bond donors (Lipinski definition) is 1. The number of aromatic nitrogens is 2. The molecule has 0 fully saturated rings. The minimum absolute atomic E-state index is 0.274. The molecular weight excluding hydrogens is 294 g/mol. The van der Waals surface area contributed by atoms with E-state index in [1.165, 1.54) is 0 Å². The lowest BCUT2D eigenvalue weighted by Gasteiger charge is -2.21. The van der Waals surface area contributed by atoms with Gasteiger partial charge in [-0.15, -0.1) is 0 Å². The van der Waals surface area contributed by atoms with Gasteiger partial charge in [0.05, 0.1) is 10.9 Å². The predicted octanol–water partition coefficient (Wildman–Crippen LogP) is 1.49. The second-order valence-corrected chi connectivity index (χ2v) is 6.64. The quantitative estimate of drug-likeness (QED) is 0.928. The summed E-state index contributed by atoms with van der Waals surface area (Å²) >= 11 is 0.